The molecule has 1 aromatic heterocycles. The topological polar surface area (TPSA) is 79.4 Å². The zero-order valence-electron chi connectivity index (χ0n) is 9.07. The van der Waals surface area contributed by atoms with Crippen molar-refractivity contribution >= 4 is 23.2 Å². The first-order chi connectivity index (χ1) is 8.59. The zero-order chi connectivity index (χ0) is 13.1. The van der Waals surface area contributed by atoms with Crippen LogP contribution in [-0.2, 0) is 0 Å². The molecular weight excluding hydrogens is 279 g/mol. The number of benzene rings is 1. The summed E-state index contributed by atoms with van der Waals surface area (Å²) in [7, 11) is 0. The fraction of sp³-hybridized carbons (Fsp3) is 0.273. The van der Waals surface area contributed by atoms with Gasteiger partial charge in [0.25, 0.3) is 0 Å². The Morgan fingerprint density at radius 3 is 2.11 bits per heavy atom. The molecule has 0 amide bonds. The molecule has 2 rings (SSSR count). The summed E-state index contributed by atoms with van der Waals surface area (Å²) in [6.45, 7) is 0. The van der Waals surface area contributed by atoms with Crippen molar-refractivity contribution in [2.45, 2.75) is 17.0 Å². The van der Waals surface area contributed by atoms with Crippen molar-refractivity contribution in [1.29, 1.82) is 0 Å². The Balaban J connectivity index is 2.17. The molecule has 2 N–H and O–H groups in total. The molecule has 0 spiro atoms. The van der Waals surface area contributed by atoms with Gasteiger partial charge in [0, 0.05) is 0 Å². The summed E-state index contributed by atoms with van der Waals surface area (Å²) >= 11 is 11.1. The molecule has 2 atom stereocenters. The van der Waals surface area contributed by atoms with E-state index < -0.39 is 17.0 Å². The van der Waals surface area contributed by atoms with Crippen molar-refractivity contribution in [3.05, 3.63) is 47.7 Å². The van der Waals surface area contributed by atoms with E-state index in [9.17, 15) is 10.2 Å². The minimum Gasteiger partial charge on any atom is -0.419 e. The number of aliphatic hydroxyl groups is 2. The smallest absolute Gasteiger partial charge is 0.249 e. The van der Waals surface area contributed by atoms with Crippen LogP contribution in [0, 0.1) is 0 Å². The Bertz CT molecular complexity index is 504. The molecule has 1 aromatic carbocycles. The summed E-state index contributed by atoms with van der Waals surface area (Å²) in [5.74, 6) is -0.153. The summed E-state index contributed by atoms with van der Waals surface area (Å²) in [6, 6.07) is 8.66. The lowest BCUT2D eigenvalue weighted by atomic mass is 10.0. The van der Waals surface area contributed by atoms with E-state index in [4.69, 9.17) is 27.6 Å². The van der Waals surface area contributed by atoms with Gasteiger partial charge in [0.2, 0.25) is 11.8 Å². The minimum absolute atomic E-state index is 0.0207. The normalized spacial score (nSPS) is 14.7. The average molecular weight is 289 g/mol. The summed E-state index contributed by atoms with van der Waals surface area (Å²) in [6.07, 6.45) is -2.50. The Morgan fingerprint density at radius 1 is 0.944 bits per heavy atom. The molecule has 0 saturated heterocycles. The molecule has 0 aliphatic rings. The van der Waals surface area contributed by atoms with Gasteiger partial charge in [-0.15, -0.1) is 10.2 Å². The molecule has 0 radical (unpaired) electrons. The largest absolute Gasteiger partial charge is 0.419 e. The first kappa shape index (κ1) is 13.3. The molecular formula is C11H10Cl2N2O3. The van der Waals surface area contributed by atoms with Gasteiger partial charge in [-0.1, -0.05) is 53.5 Å². The maximum absolute atomic E-state index is 9.95. The van der Waals surface area contributed by atoms with Crippen LogP contribution in [0.4, 0.5) is 0 Å². The number of halogens is 2. The molecule has 96 valence electrons. The number of alkyl halides is 2. The lowest BCUT2D eigenvalue weighted by molar-refractivity contribution is 0.000281. The van der Waals surface area contributed by atoms with Crippen LogP contribution in [-0.4, -0.2) is 20.4 Å². The third-order valence-electron chi connectivity index (χ3n) is 2.34. The van der Waals surface area contributed by atoms with Gasteiger partial charge in [-0.25, -0.2) is 0 Å². The van der Waals surface area contributed by atoms with Crippen LogP contribution in [0.3, 0.4) is 0 Å². The molecule has 0 saturated carbocycles. The number of nitrogens with zero attached hydrogens (tertiary/aromatic N) is 2. The predicted molar refractivity (Wildman–Crippen MR) is 65.1 cm³/mol. The molecule has 0 bridgehead atoms. The summed E-state index contributed by atoms with van der Waals surface area (Å²) in [5, 5.41) is 27.0. The van der Waals surface area contributed by atoms with Crippen LogP contribution in [0.5, 0.6) is 0 Å². The van der Waals surface area contributed by atoms with E-state index in [1.807, 2.05) is 0 Å². The summed E-state index contributed by atoms with van der Waals surface area (Å²) < 4.78 is 5.05. The third-order valence-corrected chi connectivity index (χ3v) is 2.71. The quantitative estimate of drug-likeness (QED) is 0.844. The molecule has 2 aromatic rings. The molecule has 5 nitrogen and oxygen atoms in total. The number of hydrogen-bond donors (Lipinski definition) is 2. The Labute approximate surface area is 113 Å². The van der Waals surface area contributed by atoms with Gasteiger partial charge >= 0.3 is 0 Å². The lowest BCUT2D eigenvalue weighted by Gasteiger charge is -2.14. The standard InChI is InChI=1S/C11H10Cl2N2O3/c12-9(13)11-15-14-10(18-11)8(17)7(16)6-4-2-1-3-5-6/h1-5,7-9,16-17H/t7-,8+/m0/s1. The van der Waals surface area contributed by atoms with E-state index in [1.54, 1.807) is 30.3 Å². The van der Waals surface area contributed by atoms with Crippen molar-refractivity contribution < 1.29 is 14.6 Å². The van der Waals surface area contributed by atoms with E-state index in [2.05, 4.69) is 10.2 Å². The second-order valence-electron chi connectivity index (χ2n) is 3.58. The SMILES string of the molecule is O[C@@H](c1ccccc1)[C@@H](O)c1nnc(C(Cl)Cl)o1. The highest BCUT2D eigenvalue weighted by Gasteiger charge is 2.26. The minimum atomic E-state index is -1.33. The zero-order valence-corrected chi connectivity index (χ0v) is 10.6. The van der Waals surface area contributed by atoms with E-state index >= 15 is 0 Å². The predicted octanol–water partition coefficient (Wildman–Crippen LogP) is 2.31. The number of aliphatic hydroxyl groups excluding tert-OH is 2. The van der Waals surface area contributed by atoms with E-state index in [0.717, 1.165) is 0 Å². The number of aromatic nitrogens is 2. The first-order valence-electron chi connectivity index (χ1n) is 5.12. The fourth-order valence-electron chi connectivity index (χ4n) is 1.42. The first-order valence-corrected chi connectivity index (χ1v) is 5.99. The maximum Gasteiger partial charge on any atom is 0.249 e. The van der Waals surface area contributed by atoms with Gasteiger partial charge in [0.05, 0.1) is 0 Å². The molecule has 0 aliphatic carbocycles. The monoisotopic (exact) mass is 288 g/mol. The van der Waals surface area contributed by atoms with Gasteiger partial charge in [-0.2, -0.15) is 0 Å². The summed E-state index contributed by atoms with van der Waals surface area (Å²) in [5.41, 5.74) is 0.540. The van der Waals surface area contributed by atoms with Crippen molar-refractivity contribution in [1.82, 2.24) is 10.2 Å². The van der Waals surface area contributed by atoms with Crippen LogP contribution in [0.25, 0.3) is 0 Å². The van der Waals surface area contributed by atoms with Crippen LogP contribution in [0.1, 0.15) is 34.4 Å². The van der Waals surface area contributed by atoms with E-state index in [0.29, 0.717) is 5.56 Å². The molecule has 18 heavy (non-hydrogen) atoms. The second kappa shape index (κ2) is 5.67. The Hall–Kier alpha value is -1.14. The molecule has 0 fully saturated rings. The Morgan fingerprint density at radius 2 is 1.56 bits per heavy atom. The van der Waals surface area contributed by atoms with Crippen LogP contribution >= 0.6 is 23.2 Å². The number of rotatable bonds is 4. The highest BCUT2D eigenvalue weighted by atomic mass is 35.5. The number of hydrogen-bond acceptors (Lipinski definition) is 5. The highest BCUT2D eigenvalue weighted by Crippen LogP contribution is 2.30. The van der Waals surface area contributed by atoms with E-state index in [1.165, 1.54) is 0 Å². The van der Waals surface area contributed by atoms with Crippen molar-refractivity contribution in [3.8, 4) is 0 Å². The lowest BCUT2D eigenvalue weighted by Crippen LogP contribution is -2.10. The third kappa shape index (κ3) is 2.81. The van der Waals surface area contributed by atoms with Gasteiger partial charge in [0.15, 0.2) is 10.9 Å². The van der Waals surface area contributed by atoms with Gasteiger partial charge in [0.1, 0.15) is 6.10 Å². The summed E-state index contributed by atoms with van der Waals surface area (Å²) in [4.78, 5) is -0.965. The van der Waals surface area contributed by atoms with E-state index in [-0.39, 0.29) is 11.8 Å². The molecule has 0 aliphatic heterocycles. The van der Waals surface area contributed by atoms with Crippen LogP contribution in [0.15, 0.2) is 34.7 Å². The van der Waals surface area contributed by atoms with Crippen molar-refractivity contribution in [2.75, 3.05) is 0 Å². The molecule has 1 heterocycles. The van der Waals surface area contributed by atoms with Crippen molar-refractivity contribution in [2.24, 2.45) is 0 Å². The van der Waals surface area contributed by atoms with Crippen LogP contribution < -0.4 is 0 Å². The second-order valence-corrected chi connectivity index (χ2v) is 4.68. The van der Waals surface area contributed by atoms with Gasteiger partial charge in [-0.3, -0.25) is 0 Å². The van der Waals surface area contributed by atoms with Crippen LogP contribution in [0.2, 0.25) is 0 Å². The molecule has 7 heteroatoms. The maximum atomic E-state index is 9.95. The van der Waals surface area contributed by atoms with Gasteiger partial charge in [-0.05, 0) is 5.56 Å². The average Bonchev–Trinajstić information content (AvgIpc) is 2.88. The van der Waals surface area contributed by atoms with Gasteiger partial charge < -0.3 is 14.6 Å². The van der Waals surface area contributed by atoms with Crippen molar-refractivity contribution in [3.63, 3.8) is 0 Å². The Kier molecular flexibility index (Phi) is 4.19. The fourth-order valence-corrected chi connectivity index (χ4v) is 1.60. The highest BCUT2D eigenvalue weighted by molar-refractivity contribution is 6.43. The molecule has 0 unspecified atom stereocenters.